The van der Waals surface area contributed by atoms with Crippen molar-refractivity contribution in [1.82, 2.24) is 0 Å². The Labute approximate surface area is 95.1 Å². The lowest BCUT2D eigenvalue weighted by Gasteiger charge is -2.05. The molecule has 90 valence electrons. The van der Waals surface area contributed by atoms with Gasteiger partial charge in [0, 0.05) is 18.6 Å². The van der Waals surface area contributed by atoms with E-state index in [1.807, 2.05) is 0 Å². The van der Waals surface area contributed by atoms with Gasteiger partial charge in [0.2, 0.25) is 5.75 Å². The van der Waals surface area contributed by atoms with Crippen molar-refractivity contribution >= 4 is 17.3 Å². The molecule has 0 bridgehead atoms. The van der Waals surface area contributed by atoms with E-state index in [-0.39, 0.29) is 11.3 Å². The Kier molecular flexibility index (Phi) is 3.37. The van der Waals surface area contributed by atoms with E-state index in [1.165, 1.54) is 6.92 Å². The summed E-state index contributed by atoms with van der Waals surface area (Å²) in [5.41, 5.74) is -0.877. The molecule has 0 aromatic heterocycles. The molecule has 17 heavy (non-hydrogen) atoms. The number of ether oxygens (including phenoxy) is 1. The number of benzene rings is 1. The minimum absolute atomic E-state index is 0.154. The molecule has 0 saturated heterocycles. The van der Waals surface area contributed by atoms with E-state index >= 15 is 0 Å². The molecule has 0 N–H and O–H groups in total. The molecule has 0 aliphatic heterocycles. The smallest absolute Gasteiger partial charge is 0.318 e. The molecule has 0 aliphatic rings. The molecule has 0 atom stereocenters. The van der Waals surface area contributed by atoms with Crippen LogP contribution in [0.25, 0.3) is 0 Å². The summed E-state index contributed by atoms with van der Waals surface area (Å²) in [6.07, 6.45) is 0. The maximum atomic E-state index is 10.8. The van der Waals surface area contributed by atoms with Crippen molar-refractivity contribution in [3.05, 3.63) is 37.9 Å². The molecule has 0 radical (unpaired) electrons. The zero-order chi connectivity index (χ0) is 13.2. The second-order valence-corrected chi connectivity index (χ2v) is 3.22. The van der Waals surface area contributed by atoms with E-state index in [0.717, 1.165) is 19.1 Å². The van der Waals surface area contributed by atoms with Crippen LogP contribution in [0.2, 0.25) is 0 Å². The molecular weight excluding hydrogens is 234 g/mol. The first-order valence-electron chi connectivity index (χ1n) is 4.44. The molecule has 0 aliphatic carbocycles. The zero-order valence-electron chi connectivity index (χ0n) is 9.00. The van der Waals surface area contributed by atoms with E-state index in [0.29, 0.717) is 0 Å². The molecule has 0 saturated carbocycles. The van der Waals surface area contributed by atoms with Crippen molar-refractivity contribution in [3.63, 3.8) is 0 Å². The number of aryl methyl sites for hydroxylation is 1. The Morgan fingerprint density at radius 3 is 2.24 bits per heavy atom. The number of carbonyl (C=O) groups is 1. The van der Waals surface area contributed by atoms with E-state index < -0.39 is 27.2 Å². The predicted octanol–water partition coefficient (Wildman–Crippen LogP) is 1.74. The van der Waals surface area contributed by atoms with Crippen LogP contribution in [0.15, 0.2) is 12.1 Å². The molecule has 0 amide bonds. The highest BCUT2D eigenvalue weighted by molar-refractivity contribution is 5.73. The largest absolute Gasteiger partial charge is 0.419 e. The first-order chi connectivity index (χ1) is 7.82. The lowest BCUT2D eigenvalue weighted by Crippen LogP contribution is -2.06. The van der Waals surface area contributed by atoms with Gasteiger partial charge in [-0.05, 0) is 6.92 Å². The molecule has 0 unspecified atom stereocenters. The monoisotopic (exact) mass is 242 g/mol. The Balaban J connectivity index is 3.43. The quantitative estimate of drug-likeness (QED) is 0.262. The summed E-state index contributed by atoms with van der Waals surface area (Å²) >= 11 is 0. The van der Waals surface area contributed by atoms with Crippen molar-refractivity contribution in [2.75, 3.05) is 0 Å². The second-order valence-electron chi connectivity index (χ2n) is 3.22. The number of non-ortho nitro benzene ring substituents is 1. The van der Waals surface area contributed by atoms with Crippen LogP contribution in [-0.2, 0) is 4.79 Å². The molecular formula is C9H8N2O6. The molecule has 8 nitrogen and oxygen atoms in total. The fourth-order valence-corrected chi connectivity index (χ4v) is 1.25. The molecule has 0 fully saturated rings. The number of nitro benzene ring substituents is 2. The number of hydrogen-bond donors (Lipinski definition) is 0. The summed E-state index contributed by atoms with van der Waals surface area (Å²) in [5.74, 6) is -1.00. The lowest BCUT2D eigenvalue weighted by atomic mass is 10.2. The van der Waals surface area contributed by atoms with Gasteiger partial charge >= 0.3 is 11.7 Å². The Hall–Kier alpha value is -2.51. The number of esters is 1. The van der Waals surface area contributed by atoms with Crippen molar-refractivity contribution < 1.29 is 19.4 Å². The Bertz CT molecular complexity index is 510. The van der Waals surface area contributed by atoms with Crippen molar-refractivity contribution in [2.24, 2.45) is 0 Å². The average Bonchev–Trinajstić information content (AvgIpc) is 2.19. The minimum atomic E-state index is -0.835. The fourth-order valence-electron chi connectivity index (χ4n) is 1.25. The van der Waals surface area contributed by atoms with Gasteiger partial charge in [0.1, 0.15) is 0 Å². The zero-order valence-corrected chi connectivity index (χ0v) is 9.00. The van der Waals surface area contributed by atoms with Crippen LogP contribution < -0.4 is 4.74 Å². The number of carbonyl (C=O) groups excluding carboxylic acids is 1. The standard InChI is InChI=1S/C9H8N2O6/c1-5-3-7(10(13)14)4-8(11(15)16)9(5)17-6(2)12/h3-4H,1-2H3/i10+1,11+1. The first kappa shape index (κ1) is 12.6. The summed E-state index contributed by atoms with van der Waals surface area (Å²) in [4.78, 5) is 30.5. The minimum Gasteiger partial charge on any atom is -0.419 e. The molecule has 1 aromatic rings. The van der Waals surface area contributed by atoms with Gasteiger partial charge in [0.05, 0.1) is 15.9 Å². The molecule has 1 rings (SSSR count). The summed E-state index contributed by atoms with van der Waals surface area (Å²) < 4.78 is 4.67. The maximum Gasteiger partial charge on any atom is 0.318 e. The highest BCUT2D eigenvalue weighted by Gasteiger charge is 2.24. The van der Waals surface area contributed by atoms with Crippen LogP contribution >= 0.6 is 0 Å². The summed E-state index contributed by atoms with van der Waals surface area (Å²) in [5, 5.41) is 21.3. The van der Waals surface area contributed by atoms with Gasteiger partial charge in [-0.25, -0.2) is 0 Å². The highest BCUT2D eigenvalue weighted by atomic mass is 16.9. The number of nitro groups is 2. The summed E-state index contributed by atoms with van der Waals surface area (Å²) in [6.45, 7) is 2.48. The average molecular weight is 242 g/mol. The molecule has 0 heterocycles. The van der Waals surface area contributed by atoms with Gasteiger partial charge in [-0.2, -0.15) is 0 Å². The molecule has 8 heteroatoms. The van der Waals surface area contributed by atoms with Crippen LogP contribution in [0.4, 0.5) is 11.4 Å². The van der Waals surface area contributed by atoms with Crippen LogP contribution in [0.1, 0.15) is 12.5 Å². The highest BCUT2D eigenvalue weighted by Crippen LogP contribution is 2.34. The topological polar surface area (TPSA) is 113 Å². The van der Waals surface area contributed by atoms with Gasteiger partial charge < -0.3 is 4.74 Å². The van der Waals surface area contributed by atoms with E-state index in [4.69, 9.17) is 0 Å². The second kappa shape index (κ2) is 4.56. The number of rotatable bonds is 3. The van der Waals surface area contributed by atoms with Crippen molar-refractivity contribution in [1.29, 1.82) is 0 Å². The van der Waals surface area contributed by atoms with Crippen LogP contribution in [0.5, 0.6) is 5.75 Å². The van der Waals surface area contributed by atoms with Crippen molar-refractivity contribution in [3.8, 4) is 5.75 Å². The number of nitrogens with zero attached hydrogens (tertiary/aromatic N) is 2. The third-order valence-corrected chi connectivity index (χ3v) is 1.89. The van der Waals surface area contributed by atoms with E-state index in [2.05, 4.69) is 4.74 Å². The van der Waals surface area contributed by atoms with Gasteiger partial charge in [-0.1, -0.05) is 0 Å². The predicted molar refractivity (Wildman–Crippen MR) is 55.8 cm³/mol. The SMILES string of the molecule is CC(=O)Oc1c(C)cc([15N+](=O)[O-])cc1[15N+](=O)[O-]. The normalized spacial score (nSPS) is 9.76. The first-order valence-corrected chi connectivity index (χ1v) is 4.44. The van der Waals surface area contributed by atoms with Gasteiger partial charge in [0.15, 0.2) is 0 Å². The van der Waals surface area contributed by atoms with E-state index in [1.54, 1.807) is 0 Å². The fraction of sp³-hybridized carbons (Fsp3) is 0.222. The van der Waals surface area contributed by atoms with Crippen LogP contribution in [0, 0.1) is 27.2 Å². The van der Waals surface area contributed by atoms with Crippen LogP contribution in [0.3, 0.4) is 0 Å². The maximum absolute atomic E-state index is 10.8. The van der Waals surface area contributed by atoms with Gasteiger partial charge in [0.25, 0.3) is 5.69 Å². The third-order valence-electron chi connectivity index (χ3n) is 1.89. The summed E-state index contributed by atoms with van der Waals surface area (Å²) in [7, 11) is 0. The summed E-state index contributed by atoms with van der Waals surface area (Å²) in [6, 6.07) is 1.86. The third kappa shape index (κ3) is 2.74. The molecule has 1 aromatic carbocycles. The van der Waals surface area contributed by atoms with Crippen molar-refractivity contribution in [2.45, 2.75) is 13.8 Å². The van der Waals surface area contributed by atoms with E-state index in [9.17, 15) is 25.0 Å². The Morgan fingerprint density at radius 1 is 1.24 bits per heavy atom. The molecule has 0 spiro atoms. The Morgan fingerprint density at radius 2 is 1.82 bits per heavy atom. The van der Waals surface area contributed by atoms with Gasteiger partial charge in [-0.15, -0.1) is 0 Å². The van der Waals surface area contributed by atoms with Gasteiger partial charge in [-0.3, -0.25) is 25.0 Å². The number of hydrogen-bond acceptors (Lipinski definition) is 6. The van der Waals surface area contributed by atoms with Crippen LogP contribution in [-0.4, -0.2) is 15.8 Å². The lowest BCUT2D eigenvalue weighted by molar-refractivity contribution is -0.394.